The van der Waals surface area contributed by atoms with Crippen molar-refractivity contribution in [1.82, 2.24) is 9.80 Å². The summed E-state index contributed by atoms with van der Waals surface area (Å²) in [7, 11) is 3.70. The summed E-state index contributed by atoms with van der Waals surface area (Å²) in [5.41, 5.74) is 0. The molecule has 4 heteroatoms. The van der Waals surface area contributed by atoms with Crippen LogP contribution < -0.4 is 0 Å². The maximum absolute atomic E-state index is 11.6. The molecule has 0 aromatic carbocycles. The smallest absolute Gasteiger partial charge is 0.322 e. The van der Waals surface area contributed by atoms with Crippen molar-refractivity contribution in [3.8, 4) is 0 Å². The second-order valence-electron chi connectivity index (χ2n) is 5.43. The van der Waals surface area contributed by atoms with Crippen LogP contribution in [0.25, 0.3) is 0 Å². The molecule has 0 amide bonds. The molecule has 0 saturated carbocycles. The second-order valence-corrected chi connectivity index (χ2v) is 5.43. The number of carbonyl (C=O) groups excluding carboxylic acids is 1. The Morgan fingerprint density at radius 3 is 2.82 bits per heavy atom. The SMILES string of the molecule is COC(=O)C(C)N1CCC2C(CCCN2C)C1. The van der Waals surface area contributed by atoms with Crippen molar-refractivity contribution in [2.45, 2.75) is 38.3 Å². The van der Waals surface area contributed by atoms with Crippen LogP contribution in [-0.2, 0) is 9.53 Å². The molecule has 2 aliphatic rings. The van der Waals surface area contributed by atoms with Gasteiger partial charge in [-0.1, -0.05) is 0 Å². The van der Waals surface area contributed by atoms with Gasteiger partial charge in [-0.15, -0.1) is 0 Å². The average Bonchev–Trinajstić information content (AvgIpc) is 2.37. The molecule has 2 rings (SSSR count). The largest absolute Gasteiger partial charge is 0.468 e. The summed E-state index contributed by atoms with van der Waals surface area (Å²) >= 11 is 0. The Kier molecular flexibility index (Phi) is 4.05. The van der Waals surface area contributed by atoms with Gasteiger partial charge in [-0.05, 0) is 45.7 Å². The van der Waals surface area contributed by atoms with E-state index in [1.54, 1.807) is 0 Å². The van der Waals surface area contributed by atoms with Gasteiger partial charge in [0.05, 0.1) is 7.11 Å². The van der Waals surface area contributed by atoms with E-state index in [9.17, 15) is 4.79 Å². The lowest BCUT2D eigenvalue weighted by Gasteiger charge is -2.47. The quantitative estimate of drug-likeness (QED) is 0.673. The molecule has 2 saturated heterocycles. The van der Waals surface area contributed by atoms with E-state index in [2.05, 4.69) is 16.8 Å². The molecule has 2 aliphatic heterocycles. The number of rotatable bonds is 2. The highest BCUT2D eigenvalue weighted by Gasteiger charge is 2.36. The van der Waals surface area contributed by atoms with E-state index in [1.165, 1.54) is 32.9 Å². The standard InChI is InChI=1S/C13H24N2O2/c1-10(13(16)17-3)15-8-6-12-11(9-15)5-4-7-14(12)2/h10-12H,4-9H2,1-3H3. The zero-order valence-electron chi connectivity index (χ0n) is 11.2. The van der Waals surface area contributed by atoms with Crippen molar-refractivity contribution in [3.05, 3.63) is 0 Å². The number of methoxy groups -OCH3 is 1. The fraction of sp³-hybridized carbons (Fsp3) is 0.923. The van der Waals surface area contributed by atoms with Gasteiger partial charge in [0.2, 0.25) is 0 Å². The van der Waals surface area contributed by atoms with Gasteiger partial charge in [-0.25, -0.2) is 0 Å². The van der Waals surface area contributed by atoms with Crippen molar-refractivity contribution in [3.63, 3.8) is 0 Å². The van der Waals surface area contributed by atoms with Gasteiger partial charge in [0.15, 0.2) is 0 Å². The van der Waals surface area contributed by atoms with Gasteiger partial charge < -0.3 is 9.64 Å². The Hall–Kier alpha value is -0.610. The molecule has 98 valence electrons. The van der Waals surface area contributed by atoms with Crippen LogP contribution in [-0.4, -0.2) is 61.6 Å². The maximum Gasteiger partial charge on any atom is 0.322 e. The van der Waals surface area contributed by atoms with Gasteiger partial charge in [-0.3, -0.25) is 9.69 Å². The van der Waals surface area contributed by atoms with Crippen molar-refractivity contribution < 1.29 is 9.53 Å². The average molecular weight is 240 g/mol. The molecule has 0 aromatic rings. The molecule has 2 heterocycles. The molecule has 0 aliphatic carbocycles. The molecule has 0 bridgehead atoms. The fourth-order valence-corrected chi connectivity index (χ4v) is 3.35. The van der Waals surface area contributed by atoms with Crippen LogP contribution in [0.4, 0.5) is 0 Å². The van der Waals surface area contributed by atoms with E-state index in [0.717, 1.165) is 25.0 Å². The van der Waals surface area contributed by atoms with Crippen molar-refractivity contribution in [2.24, 2.45) is 5.92 Å². The first-order valence-electron chi connectivity index (χ1n) is 6.65. The van der Waals surface area contributed by atoms with Crippen LogP contribution in [0.15, 0.2) is 0 Å². The van der Waals surface area contributed by atoms with Gasteiger partial charge in [0.25, 0.3) is 0 Å². The zero-order valence-corrected chi connectivity index (χ0v) is 11.2. The first-order valence-corrected chi connectivity index (χ1v) is 6.65. The number of fused-ring (bicyclic) bond motifs is 1. The summed E-state index contributed by atoms with van der Waals surface area (Å²) in [6, 6.07) is 0.637. The number of ether oxygens (including phenoxy) is 1. The molecule has 0 aromatic heterocycles. The highest BCUT2D eigenvalue weighted by molar-refractivity contribution is 5.75. The summed E-state index contributed by atoms with van der Waals surface area (Å²) < 4.78 is 4.83. The molecule has 2 fully saturated rings. The van der Waals surface area contributed by atoms with E-state index in [-0.39, 0.29) is 12.0 Å². The Morgan fingerprint density at radius 2 is 2.12 bits per heavy atom. The zero-order chi connectivity index (χ0) is 12.4. The number of piperidine rings is 2. The molecular formula is C13H24N2O2. The van der Waals surface area contributed by atoms with E-state index < -0.39 is 0 Å². The predicted molar refractivity (Wildman–Crippen MR) is 66.8 cm³/mol. The van der Waals surface area contributed by atoms with Crippen molar-refractivity contribution in [2.75, 3.05) is 33.8 Å². The van der Waals surface area contributed by atoms with E-state index in [4.69, 9.17) is 4.74 Å². The van der Waals surface area contributed by atoms with Crippen LogP contribution in [0.3, 0.4) is 0 Å². The van der Waals surface area contributed by atoms with E-state index in [0.29, 0.717) is 0 Å². The summed E-state index contributed by atoms with van der Waals surface area (Å²) in [5.74, 6) is 0.627. The van der Waals surface area contributed by atoms with E-state index in [1.807, 2.05) is 6.92 Å². The van der Waals surface area contributed by atoms with Gasteiger partial charge >= 0.3 is 5.97 Å². The molecule has 3 unspecified atom stereocenters. The van der Waals surface area contributed by atoms with Crippen LogP contribution in [0, 0.1) is 5.92 Å². The molecule has 0 N–H and O–H groups in total. The number of nitrogens with zero attached hydrogens (tertiary/aromatic N) is 2. The lowest BCUT2D eigenvalue weighted by atomic mass is 9.84. The van der Waals surface area contributed by atoms with Crippen LogP contribution in [0.2, 0.25) is 0 Å². The first-order chi connectivity index (χ1) is 8.13. The number of hydrogen-bond donors (Lipinski definition) is 0. The lowest BCUT2D eigenvalue weighted by molar-refractivity contribution is -0.147. The number of hydrogen-bond acceptors (Lipinski definition) is 4. The third-order valence-corrected chi connectivity index (χ3v) is 4.47. The van der Waals surface area contributed by atoms with Gasteiger partial charge in [-0.2, -0.15) is 0 Å². The second kappa shape index (κ2) is 5.36. The minimum Gasteiger partial charge on any atom is -0.468 e. The number of likely N-dealkylation sites (tertiary alicyclic amines) is 2. The van der Waals surface area contributed by atoms with Crippen LogP contribution >= 0.6 is 0 Å². The maximum atomic E-state index is 11.6. The monoisotopic (exact) mass is 240 g/mol. The summed E-state index contributed by atoms with van der Waals surface area (Å²) in [6.07, 6.45) is 3.78. The topological polar surface area (TPSA) is 32.8 Å². The van der Waals surface area contributed by atoms with Gasteiger partial charge in [0.1, 0.15) is 6.04 Å². The normalized spacial score (nSPS) is 32.9. The lowest BCUT2D eigenvalue weighted by Crippen LogP contribution is -2.55. The highest BCUT2D eigenvalue weighted by Crippen LogP contribution is 2.30. The highest BCUT2D eigenvalue weighted by atomic mass is 16.5. The number of esters is 1. The molecule has 0 radical (unpaired) electrons. The molecule has 4 nitrogen and oxygen atoms in total. The van der Waals surface area contributed by atoms with Crippen LogP contribution in [0.5, 0.6) is 0 Å². The molecular weight excluding hydrogens is 216 g/mol. The summed E-state index contributed by atoms with van der Waals surface area (Å²) in [4.78, 5) is 16.3. The third-order valence-electron chi connectivity index (χ3n) is 4.47. The number of carbonyl (C=O) groups is 1. The van der Waals surface area contributed by atoms with E-state index >= 15 is 0 Å². The molecule has 17 heavy (non-hydrogen) atoms. The summed E-state index contributed by atoms with van der Waals surface area (Å²) in [5, 5.41) is 0. The third kappa shape index (κ3) is 2.63. The van der Waals surface area contributed by atoms with Crippen molar-refractivity contribution >= 4 is 5.97 Å². The molecule has 3 atom stereocenters. The molecule has 0 spiro atoms. The predicted octanol–water partition coefficient (Wildman–Crippen LogP) is 0.964. The fourth-order valence-electron chi connectivity index (χ4n) is 3.35. The minimum atomic E-state index is -0.104. The Balaban J connectivity index is 1.95. The Labute approximate surface area is 104 Å². The Bertz CT molecular complexity index is 283. The minimum absolute atomic E-state index is 0.0896. The van der Waals surface area contributed by atoms with Gasteiger partial charge in [0, 0.05) is 19.1 Å². The first kappa shape index (κ1) is 12.8. The Morgan fingerprint density at radius 1 is 1.35 bits per heavy atom. The van der Waals surface area contributed by atoms with Crippen LogP contribution in [0.1, 0.15) is 26.2 Å². The van der Waals surface area contributed by atoms with Crippen molar-refractivity contribution in [1.29, 1.82) is 0 Å². The summed E-state index contributed by atoms with van der Waals surface area (Å²) in [6.45, 7) is 5.25.